The number of aromatic nitrogens is 1. The molecule has 4 rings (SSSR count). The van der Waals surface area contributed by atoms with Crippen LogP contribution in [0.15, 0.2) is 53.1 Å². The Bertz CT molecular complexity index is 1030. The molecule has 0 spiro atoms. The Balaban J connectivity index is 1.73. The van der Waals surface area contributed by atoms with Gasteiger partial charge in [-0.1, -0.05) is 45.0 Å². The number of nitrogens with zero attached hydrogens (tertiary/aromatic N) is 2. The second-order valence-corrected chi connectivity index (χ2v) is 8.79. The van der Waals surface area contributed by atoms with E-state index in [1.54, 1.807) is 12.1 Å². The molecule has 2 aromatic carbocycles. The van der Waals surface area contributed by atoms with Crippen LogP contribution in [0.2, 0.25) is 0 Å². The van der Waals surface area contributed by atoms with Crippen molar-refractivity contribution in [3.63, 3.8) is 0 Å². The van der Waals surface area contributed by atoms with E-state index in [0.29, 0.717) is 11.3 Å². The van der Waals surface area contributed by atoms with E-state index in [4.69, 9.17) is 9.78 Å². The zero-order valence-electron chi connectivity index (χ0n) is 16.3. The van der Waals surface area contributed by atoms with Gasteiger partial charge < -0.3 is 4.52 Å². The van der Waals surface area contributed by atoms with Crippen molar-refractivity contribution in [3.05, 3.63) is 65.2 Å². The van der Waals surface area contributed by atoms with Gasteiger partial charge in [0.25, 0.3) is 0 Å². The third kappa shape index (κ3) is 3.06. The van der Waals surface area contributed by atoms with Gasteiger partial charge in [-0.05, 0) is 65.1 Å². The van der Waals surface area contributed by atoms with Gasteiger partial charge in [-0.2, -0.15) is 5.26 Å². The summed E-state index contributed by atoms with van der Waals surface area (Å²) >= 11 is 0. The fourth-order valence-corrected chi connectivity index (χ4v) is 4.00. The molecule has 0 N–H and O–H groups in total. The Hall–Kier alpha value is -2.86. The monoisotopic (exact) mass is 356 g/mol. The highest BCUT2D eigenvalue weighted by atomic mass is 16.5. The van der Waals surface area contributed by atoms with Crippen LogP contribution >= 0.6 is 0 Å². The number of benzene rings is 2. The van der Waals surface area contributed by atoms with E-state index in [1.807, 2.05) is 18.2 Å². The lowest BCUT2D eigenvalue weighted by Gasteiger charge is -2.42. The maximum Gasteiger partial charge on any atom is 0.167 e. The molecule has 1 aliphatic carbocycles. The van der Waals surface area contributed by atoms with Crippen LogP contribution in [0.4, 0.5) is 0 Å². The molecule has 0 bridgehead atoms. The first-order valence-corrected chi connectivity index (χ1v) is 9.43. The van der Waals surface area contributed by atoms with Crippen molar-refractivity contribution in [2.24, 2.45) is 0 Å². The average Bonchev–Trinajstić information content (AvgIpc) is 3.15. The van der Waals surface area contributed by atoms with E-state index in [-0.39, 0.29) is 10.8 Å². The Morgan fingerprint density at radius 1 is 0.852 bits per heavy atom. The number of rotatable bonds is 2. The first-order valence-electron chi connectivity index (χ1n) is 9.43. The number of fused-ring (bicyclic) bond motifs is 1. The van der Waals surface area contributed by atoms with E-state index in [1.165, 1.54) is 24.0 Å². The zero-order valence-corrected chi connectivity index (χ0v) is 16.3. The molecule has 0 atom stereocenters. The highest BCUT2D eigenvalue weighted by molar-refractivity contribution is 5.68. The Morgan fingerprint density at radius 2 is 1.48 bits per heavy atom. The van der Waals surface area contributed by atoms with Crippen LogP contribution in [-0.2, 0) is 10.8 Å². The summed E-state index contributed by atoms with van der Waals surface area (Å²) in [7, 11) is 0. The average molecular weight is 356 g/mol. The molecule has 1 aromatic heterocycles. The standard InChI is InChI=1S/C24H24N2O/c1-23(2)11-12-24(3,4)20-13-18(9-10-19(20)23)21-14-22(27-26-21)17-7-5-16(15-25)6-8-17/h5-10,13-14H,11-12H2,1-4H3. The maximum atomic E-state index is 8.94. The largest absolute Gasteiger partial charge is 0.356 e. The van der Waals surface area contributed by atoms with E-state index in [0.717, 1.165) is 16.8 Å². The van der Waals surface area contributed by atoms with Crippen molar-refractivity contribution in [2.75, 3.05) is 0 Å². The van der Waals surface area contributed by atoms with Gasteiger partial charge in [0.1, 0.15) is 5.69 Å². The van der Waals surface area contributed by atoms with Crippen LogP contribution in [0.25, 0.3) is 22.6 Å². The van der Waals surface area contributed by atoms with Crippen molar-refractivity contribution in [1.82, 2.24) is 5.16 Å². The van der Waals surface area contributed by atoms with Crippen molar-refractivity contribution in [2.45, 2.75) is 51.4 Å². The van der Waals surface area contributed by atoms with Crippen LogP contribution < -0.4 is 0 Å². The Kier molecular flexibility index (Phi) is 3.96. The Labute approximate surface area is 160 Å². The molecule has 3 heteroatoms. The molecule has 0 aliphatic heterocycles. The molecule has 27 heavy (non-hydrogen) atoms. The molecule has 3 aromatic rings. The van der Waals surface area contributed by atoms with Gasteiger partial charge in [-0.15, -0.1) is 0 Å². The maximum absolute atomic E-state index is 8.94. The van der Waals surface area contributed by atoms with Crippen molar-refractivity contribution in [1.29, 1.82) is 5.26 Å². The van der Waals surface area contributed by atoms with Gasteiger partial charge in [0.2, 0.25) is 0 Å². The molecule has 0 saturated carbocycles. The molecule has 0 saturated heterocycles. The summed E-state index contributed by atoms with van der Waals surface area (Å²) in [4.78, 5) is 0. The molecular formula is C24H24N2O. The lowest BCUT2D eigenvalue weighted by Crippen LogP contribution is -2.33. The normalized spacial score (nSPS) is 17.1. The fraction of sp³-hybridized carbons (Fsp3) is 0.333. The van der Waals surface area contributed by atoms with Crippen LogP contribution in [-0.4, -0.2) is 5.16 Å². The second-order valence-electron chi connectivity index (χ2n) is 8.79. The molecule has 0 fully saturated rings. The predicted molar refractivity (Wildman–Crippen MR) is 107 cm³/mol. The summed E-state index contributed by atoms with van der Waals surface area (Å²) in [5.41, 5.74) is 6.73. The number of nitriles is 1. The number of hydrogen-bond donors (Lipinski definition) is 0. The minimum absolute atomic E-state index is 0.167. The van der Waals surface area contributed by atoms with Crippen LogP contribution in [0.5, 0.6) is 0 Å². The summed E-state index contributed by atoms with van der Waals surface area (Å²) in [6.45, 7) is 9.32. The highest BCUT2D eigenvalue weighted by Crippen LogP contribution is 2.46. The summed E-state index contributed by atoms with van der Waals surface area (Å²) < 4.78 is 5.58. The molecule has 1 aliphatic rings. The van der Waals surface area contributed by atoms with Gasteiger partial charge in [0, 0.05) is 17.2 Å². The van der Waals surface area contributed by atoms with Crippen LogP contribution in [0, 0.1) is 11.3 Å². The van der Waals surface area contributed by atoms with Crippen molar-refractivity contribution < 1.29 is 4.52 Å². The minimum Gasteiger partial charge on any atom is -0.356 e. The molecule has 0 amide bonds. The van der Waals surface area contributed by atoms with Gasteiger partial charge in [0.15, 0.2) is 5.76 Å². The molecular weight excluding hydrogens is 332 g/mol. The van der Waals surface area contributed by atoms with E-state index in [9.17, 15) is 0 Å². The van der Waals surface area contributed by atoms with Crippen LogP contribution in [0.1, 0.15) is 57.2 Å². The third-order valence-corrected chi connectivity index (χ3v) is 5.96. The Morgan fingerprint density at radius 3 is 2.15 bits per heavy atom. The lowest BCUT2D eigenvalue weighted by molar-refractivity contribution is 0.332. The van der Waals surface area contributed by atoms with E-state index < -0.39 is 0 Å². The molecule has 0 unspecified atom stereocenters. The predicted octanol–water partition coefficient (Wildman–Crippen LogP) is 6.23. The van der Waals surface area contributed by atoms with Gasteiger partial charge in [-0.25, -0.2) is 0 Å². The summed E-state index contributed by atoms with van der Waals surface area (Å²) in [5.74, 6) is 0.715. The first-order chi connectivity index (χ1) is 12.8. The van der Waals surface area contributed by atoms with Gasteiger partial charge in [-0.3, -0.25) is 0 Å². The molecule has 1 heterocycles. The smallest absolute Gasteiger partial charge is 0.167 e. The topological polar surface area (TPSA) is 49.8 Å². The summed E-state index contributed by atoms with van der Waals surface area (Å²) in [6.07, 6.45) is 2.39. The lowest BCUT2D eigenvalue weighted by atomic mass is 9.63. The van der Waals surface area contributed by atoms with Crippen molar-refractivity contribution in [3.8, 4) is 28.7 Å². The first kappa shape index (κ1) is 17.5. The quantitative estimate of drug-likeness (QED) is 0.547. The number of hydrogen-bond acceptors (Lipinski definition) is 3. The highest BCUT2D eigenvalue weighted by Gasteiger charge is 2.37. The zero-order chi connectivity index (χ0) is 19.2. The molecule has 3 nitrogen and oxygen atoms in total. The summed E-state index contributed by atoms with van der Waals surface area (Å²) in [6, 6.07) is 18.2. The SMILES string of the molecule is CC1(C)CCC(C)(C)c2cc(-c3cc(-c4ccc(C#N)cc4)on3)ccc21. The van der Waals surface area contributed by atoms with Crippen LogP contribution in [0.3, 0.4) is 0 Å². The van der Waals surface area contributed by atoms with Gasteiger partial charge in [0.05, 0.1) is 11.6 Å². The van der Waals surface area contributed by atoms with Gasteiger partial charge >= 0.3 is 0 Å². The molecule has 0 radical (unpaired) electrons. The van der Waals surface area contributed by atoms with E-state index >= 15 is 0 Å². The van der Waals surface area contributed by atoms with E-state index in [2.05, 4.69) is 57.1 Å². The molecule has 136 valence electrons. The third-order valence-electron chi connectivity index (χ3n) is 5.96. The van der Waals surface area contributed by atoms with Crippen molar-refractivity contribution >= 4 is 0 Å². The second kappa shape index (κ2) is 6.09. The fourth-order valence-electron chi connectivity index (χ4n) is 4.00. The summed E-state index contributed by atoms with van der Waals surface area (Å²) in [5, 5.41) is 13.2. The minimum atomic E-state index is 0.167.